The number of aromatic nitrogens is 2. The summed E-state index contributed by atoms with van der Waals surface area (Å²) in [5.74, 6) is 1.68. The van der Waals surface area contributed by atoms with Gasteiger partial charge in [0, 0.05) is 36.4 Å². The maximum absolute atomic E-state index is 4.24. The second kappa shape index (κ2) is 6.16. The van der Waals surface area contributed by atoms with Crippen LogP contribution in [0.5, 0.6) is 0 Å². The summed E-state index contributed by atoms with van der Waals surface area (Å²) in [6.07, 6.45) is 3.89. The molecule has 2 aromatic heterocycles. The lowest BCUT2D eigenvalue weighted by Gasteiger charge is -2.21. The van der Waals surface area contributed by atoms with Gasteiger partial charge in [-0.3, -0.25) is 0 Å². The molecule has 0 bridgehead atoms. The van der Waals surface area contributed by atoms with E-state index in [0.717, 1.165) is 18.9 Å². The molecule has 1 N–H and O–H groups in total. The lowest BCUT2D eigenvalue weighted by atomic mass is 10.0. The van der Waals surface area contributed by atoms with Crippen molar-refractivity contribution in [1.82, 2.24) is 14.9 Å². The van der Waals surface area contributed by atoms with Crippen LogP contribution in [0.15, 0.2) is 29.9 Å². The van der Waals surface area contributed by atoms with Gasteiger partial charge in [-0.2, -0.15) is 0 Å². The Morgan fingerprint density at radius 3 is 2.83 bits per heavy atom. The molecule has 0 aromatic carbocycles. The van der Waals surface area contributed by atoms with Gasteiger partial charge in [0.05, 0.1) is 0 Å². The molecule has 2 rings (SSSR count). The van der Waals surface area contributed by atoms with Gasteiger partial charge in [0.15, 0.2) is 0 Å². The highest BCUT2D eigenvalue weighted by Gasteiger charge is 2.15. The van der Waals surface area contributed by atoms with Gasteiger partial charge in [-0.25, -0.2) is 4.98 Å². The van der Waals surface area contributed by atoms with E-state index >= 15 is 0 Å². The van der Waals surface area contributed by atoms with Crippen molar-refractivity contribution in [2.75, 3.05) is 6.54 Å². The third-order valence-corrected chi connectivity index (χ3v) is 4.11. The van der Waals surface area contributed by atoms with Crippen LogP contribution in [0.3, 0.4) is 0 Å². The molecular weight excluding hydrogens is 242 g/mol. The Bertz CT molecular complexity index is 459. The molecule has 0 saturated carbocycles. The highest BCUT2D eigenvalue weighted by atomic mass is 32.1. The van der Waals surface area contributed by atoms with E-state index in [1.165, 1.54) is 4.88 Å². The van der Waals surface area contributed by atoms with Gasteiger partial charge in [0.25, 0.3) is 0 Å². The molecule has 0 spiro atoms. The Labute approximate surface area is 113 Å². The molecule has 0 radical (unpaired) electrons. The van der Waals surface area contributed by atoms with Gasteiger partial charge in [0.1, 0.15) is 5.82 Å². The molecule has 98 valence electrons. The molecule has 0 aliphatic rings. The van der Waals surface area contributed by atoms with Gasteiger partial charge < -0.3 is 9.88 Å². The molecule has 0 aliphatic heterocycles. The average Bonchev–Trinajstić information content (AvgIpc) is 2.96. The molecule has 2 heterocycles. The quantitative estimate of drug-likeness (QED) is 0.867. The third-order valence-electron chi connectivity index (χ3n) is 3.16. The molecule has 18 heavy (non-hydrogen) atoms. The Balaban J connectivity index is 1.89. The molecule has 2 aromatic rings. The summed E-state index contributed by atoms with van der Waals surface area (Å²) in [6, 6.07) is 4.79. The normalized spacial score (nSPS) is 13.1. The van der Waals surface area contributed by atoms with Crippen molar-refractivity contribution in [3.05, 3.63) is 40.6 Å². The van der Waals surface area contributed by atoms with Crippen molar-refractivity contribution >= 4 is 11.3 Å². The summed E-state index contributed by atoms with van der Waals surface area (Å²) < 4.78 is 2.18. The maximum Gasteiger partial charge on any atom is 0.105 e. The molecule has 0 aliphatic carbocycles. The molecule has 1 atom stereocenters. The topological polar surface area (TPSA) is 29.9 Å². The summed E-state index contributed by atoms with van der Waals surface area (Å²) in [5.41, 5.74) is 0. The molecule has 1 unspecified atom stereocenters. The minimum absolute atomic E-state index is 0.453. The van der Waals surface area contributed by atoms with E-state index in [1.54, 1.807) is 0 Å². The van der Waals surface area contributed by atoms with Gasteiger partial charge in [0.2, 0.25) is 0 Å². The van der Waals surface area contributed by atoms with Gasteiger partial charge in [-0.15, -0.1) is 11.3 Å². The zero-order valence-corrected chi connectivity index (χ0v) is 12.1. The number of aryl methyl sites for hydroxylation is 1. The minimum atomic E-state index is 0.453. The third kappa shape index (κ3) is 3.21. The lowest BCUT2D eigenvalue weighted by Crippen LogP contribution is -2.28. The van der Waals surface area contributed by atoms with E-state index in [-0.39, 0.29) is 0 Å². The summed E-state index contributed by atoms with van der Waals surface area (Å²) >= 11 is 1.83. The van der Waals surface area contributed by atoms with Crippen molar-refractivity contribution in [2.45, 2.75) is 33.4 Å². The average molecular weight is 263 g/mol. The van der Waals surface area contributed by atoms with Crippen LogP contribution in [-0.4, -0.2) is 16.1 Å². The fourth-order valence-corrected chi connectivity index (χ4v) is 3.09. The molecule has 4 heteroatoms. The smallest absolute Gasteiger partial charge is 0.105 e. The zero-order chi connectivity index (χ0) is 13.0. The fraction of sp³-hybridized carbons (Fsp3) is 0.500. The Hall–Kier alpha value is -1.13. The molecule has 3 nitrogen and oxygen atoms in total. The van der Waals surface area contributed by atoms with E-state index in [4.69, 9.17) is 0 Å². The molecule has 0 amide bonds. The Morgan fingerprint density at radius 2 is 2.28 bits per heavy atom. The van der Waals surface area contributed by atoms with Gasteiger partial charge in [-0.05, 0) is 24.3 Å². The van der Waals surface area contributed by atoms with Crippen LogP contribution in [0.4, 0.5) is 0 Å². The summed E-state index contributed by atoms with van der Waals surface area (Å²) in [7, 11) is 0. The minimum Gasteiger partial charge on any atom is -0.334 e. The van der Waals surface area contributed by atoms with Crippen LogP contribution in [0.2, 0.25) is 0 Å². The standard InChI is InChI=1S/C14H21N3S/c1-11(2)14(13-5-4-10-18-13)16-7-9-17-8-6-15-12(17)3/h4-6,8,10-11,14,16H,7,9H2,1-3H3. The maximum atomic E-state index is 4.24. The molecular formula is C14H21N3S. The number of hydrogen-bond acceptors (Lipinski definition) is 3. The highest BCUT2D eigenvalue weighted by Crippen LogP contribution is 2.25. The van der Waals surface area contributed by atoms with E-state index < -0.39 is 0 Å². The summed E-state index contributed by atoms with van der Waals surface area (Å²) in [5, 5.41) is 5.79. The summed E-state index contributed by atoms with van der Waals surface area (Å²) in [4.78, 5) is 5.66. The first-order valence-corrected chi connectivity index (χ1v) is 7.31. The molecule has 0 saturated heterocycles. The van der Waals surface area contributed by atoms with Crippen molar-refractivity contribution in [1.29, 1.82) is 0 Å². The number of nitrogens with zero attached hydrogens (tertiary/aromatic N) is 2. The first-order valence-electron chi connectivity index (χ1n) is 6.43. The second-order valence-corrected chi connectivity index (χ2v) is 5.84. The first-order chi connectivity index (χ1) is 8.68. The number of hydrogen-bond donors (Lipinski definition) is 1. The second-order valence-electron chi connectivity index (χ2n) is 4.86. The van der Waals surface area contributed by atoms with Crippen molar-refractivity contribution in [3.8, 4) is 0 Å². The van der Waals surface area contributed by atoms with Gasteiger partial charge in [-0.1, -0.05) is 19.9 Å². The predicted octanol–water partition coefficient (Wildman–Crippen LogP) is 3.24. The van der Waals surface area contributed by atoms with Crippen LogP contribution in [0, 0.1) is 12.8 Å². The SMILES string of the molecule is Cc1nccn1CCNC(c1cccs1)C(C)C. The monoisotopic (exact) mass is 263 g/mol. The van der Waals surface area contributed by atoms with E-state index in [9.17, 15) is 0 Å². The number of rotatable bonds is 6. The summed E-state index contributed by atoms with van der Waals surface area (Å²) in [6.45, 7) is 8.51. The molecule has 0 fully saturated rings. The van der Waals surface area contributed by atoms with Crippen molar-refractivity contribution in [3.63, 3.8) is 0 Å². The van der Waals surface area contributed by atoms with E-state index in [1.807, 2.05) is 30.7 Å². The highest BCUT2D eigenvalue weighted by molar-refractivity contribution is 7.10. The number of imidazole rings is 1. The largest absolute Gasteiger partial charge is 0.334 e. The first kappa shape index (κ1) is 13.3. The van der Waals surface area contributed by atoms with Crippen LogP contribution in [0.1, 0.15) is 30.6 Å². The zero-order valence-electron chi connectivity index (χ0n) is 11.3. The van der Waals surface area contributed by atoms with Crippen molar-refractivity contribution in [2.24, 2.45) is 5.92 Å². The van der Waals surface area contributed by atoms with E-state index in [0.29, 0.717) is 12.0 Å². The van der Waals surface area contributed by atoms with Crippen LogP contribution in [-0.2, 0) is 6.54 Å². The fourth-order valence-electron chi connectivity index (χ4n) is 2.11. The van der Waals surface area contributed by atoms with Gasteiger partial charge >= 0.3 is 0 Å². The lowest BCUT2D eigenvalue weighted by molar-refractivity contribution is 0.406. The van der Waals surface area contributed by atoms with Crippen molar-refractivity contribution < 1.29 is 0 Å². The van der Waals surface area contributed by atoms with E-state index in [2.05, 4.69) is 46.2 Å². The number of thiophene rings is 1. The van der Waals surface area contributed by atoms with Crippen LogP contribution in [0.25, 0.3) is 0 Å². The predicted molar refractivity (Wildman–Crippen MR) is 76.9 cm³/mol. The number of nitrogens with one attached hydrogen (secondary N) is 1. The van der Waals surface area contributed by atoms with Crippen LogP contribution < -0.4 is 5.32 Å². The van der Waals surface area contributed by atoms with Crippen LogP contribution >= 0.6 is 11.3 Å². The Kier molecular flexibility index (Phi) is 4.55. The Morgan fingerprint density at radius 1 is 1.44 bits per heavy atom.